The van der Waals surface area contributed by atoms with Gasteiger partial charge in [-0.2, -0.15) is 0 Å². The average molecular weight is 625 g/mol. The molecule has 0 aromatic heterocycles. The van der Waals surface area contributed by atoms with E-state index in [1.54, 1.807) is 34.1 Å². The molecule has 10 nitrogen and oxygen atoms in total. The molecule has 214 valence electrons. The zero-order valence-corrected chi connectivity index (χ0v) is 24.4. The molecule has 2 aliphatic rings. The molecule has 2 aliphatic heterocycles. The first kappa shape index (κ1) is 30.6. The zero-order chi connectivity index (χ0) is 28.8. The van der Waals surface area contributed by atoms with Gasteiger partial charge in [0.2, 0.25) is 10.2 Å². The molecule has 2 aromatic carbocycles. The normalized spacial score (nSPS) is 23.3. The molecular formula is C26H28N2O8S4. The van der Waals surface area contributed by atoms with Gasteiger partial charge in [0.15, 0.2) is 0 Å². The molecule has 4 atom stereocenters. The van der Waals surface area contributed by atoms with Gasteiger partial charge in [-0.1, -0.05) is 24.3 Å². The van der Waals surface area contributed by atoms with E-state index < -0.39 is 24.0 Å². The smallest absolute Gasteiger partial charge is 0.321 e. The summed E-state index contributed by atoms with van der Waals surface area (Å²) in [5.41, 5.74) is 1.67. The van der Waals surface area contributed by atoms with Crippen LogP contribution in [0.4, 0.5) is 0 Å². The van der Waals surface area contributed by atoms with E-state index in [1.807, 2.05) is 0 Å². The number of carbonyl (C=O) groups is 4. The fourth-order valence-corrected chi connectivity index (χ4v) is 9.09. The second-order valence-electron chi connectivity index (χ2n) is 9.15. The Labute approximate surface area is 247 Å². The summed E-state index contributed by atoms with van der Waals surface area (Å²) in [5.74, 6) is -0.981. The third-order valence-corrected chi connectivity index (χ3v) is 11.5. The maximum absolute atomic E-state index is 12.6. The highest BCUT2D eigenvalue weighted by Crippen LogP contribution is 2.43. The third kappa shape index (κ3) is 7.68. The molecule has 14 heteroatoms. The zero-order valence-electron chi connectivity index (χ0n) is 21.1. The number of aliphatic carboxylic acids is 2. The lowest BCUT2D eigenvalue weighted by atomic mass is 10.1. The number of phenolic OH excluding ortho intramolecular Hbond substituents is 2. The van der Waals surface area contributed by atoms with Crippen LogP contribution in [0.1, 0.15) is 34.7 Å². The first-order chi connectivity index (χ1) is 19.1. The van der Waals surface area contributed by atoms with Gasteiger partial charge in [0.25, 0.3) is 0 Å². The maximum Gasteiger partial charge on any atom is 0.321 e. The largest absolute Gasteiger partial charge is 0.508 e. The molecule has 0 spiro atoms. The molecule has 0 aliphatic carbocycles. The van der Waals surface area contributed by atoms with E-state index in [2.05, 4.69) is 0 Å². The van der Waals surface area contributed by atoms with Crippen molar-refractivity contribution in [2.24, 2.45) is 0 Å². The number of phenols is 2. The van der Waals surface area contributed by atoms with Crippen LogP contribution in [0.2, 0.25) is 0 Å². The minimum atomic E-state index is -0.969. The standard InChI is InChI=1S/C26H28N2O8S4/c29-17-5-1-15(2-6-17)23-27(19(13-37-23)25(33)34)11-9-21(31)39-40-22(32)10-12-28-20(26(35)36)14-38-24(28)16-3-7-18(30)8-4-16/h1-8,19-20,23-24,29-30H,9-14H2,(H,33,34)(H,35,36). The van der Waals surface area contributed by atoms with Crippen molar-refractivity contribution in [3.8, 4) is 11.5 Å². The molecule has 2 saturated heterocycles. The Kier molecular flexibility index (Phi) is 10.7. The number of hydrogen-bond acceptors (Lipinski definition) is 12. The van der Waals surface area contributed by atoms with Crippen LogP contribution >= 0.6 is 45.1 Å². The van der Waals surface area contributed by atoms with Gasteiger partial charge in [-0.15, -0.1) is 23.5 Å². The molecule has 4 N–H and O–H groups in total. The van der Waals surface area contributed by atoms with E-state index in [-0.39, 0.29) is 58.4 Å². The second kappa shape index (κ2) is 14.0. The molecule has 4 unspecified atom stereocenters. The number of carboxylic acid groups (broad SMARTS) is 2. The van der Waals surface area contributed by atoms with Crippen molar-refractivity contribution in [1.82, 2.24) is 9.80 Å². The average Bonchev–Trinajstić information content (AvgIpc) is 3.55. The van der Waals surface area contributed by atoms with Crippen molar-refractivity contribution in [2.75, 3.05) is 24.6 Å². The summed E-state index contributed by atoms with van der Waals surface area (Å²) in [6, 6.07) is 11.6. The van der Waals surface area contributed by atoms with Gasteiger partial charge in [-0.3, -0.25) is 29.0 Å². The van der Waals surface area contributed by atoms with Gasteiger partial charge in [-0.05, 0) is 57.0 Å². The van der Waals surface area contributed by atoms with E-state index in [9.17, 15) is 39.6 Å². The Hall–Kier alpha value is -2.36. The topological polar surface area (TPSA) is 156 Å². The SMILES string of the molecule is O=C(CCN1C(C(=O)O)CSC1c1ccc(O)cc1)SSC(=O)CCN1C(C(=O)O)CSC1c1ccc(O)cc1. The lowest BCUT2D eigenvalue weighted by Gasteiger charge is -2.27. The first-order valence-electron chi connectivity index (χ1n) is 12.3. The molecule has 0 bridgehead atoms. The predicted molar refractivity (Wildman–Crippen MR) is 157 cm³/mol. The van der Waals surface area contributed by atoms with E-state index in [1.165, 1.54) is 47.8 Å². The fourth-order valence-electron chi connectivity index (χ4n) is 4.52. The summed E-state index contributed by atoms with van der Waals surface area (Å²) < 4.78 is 0. The maximum atomic E-state index is 12.6. The summed E-state index contributed by atoms with van der Waals surface area (Å²) in [5, 5.41) is 37.4. The summed E-state index contributed by atoms with van der Waals surface area (Å²) >= 11 is 2.92. The van der Waals surface area contributed by atoms with Crippen LogP contribution in [-0.2, 0) is 19.2 Å². The quantitative estimate of drug-likeness (QED) is 0.281. The van der Waals surface area contributed by atoms with Crippen LogP contribution in [-0.4, -0.2) is 89.1 Å². The summed E-state index contributed by atoms with van der Waals surface area (Å²) in [6.45, 7) is 0.408. The Balaban J connectivity index is 1.28. The Morgan fingerprint density at radius 1 is 0.675 bits per heavy atom. The van der Waals surface area contributed by atoms with Gasteiger partial charge in [0.05, 0.1) is 10.7 Å². The summed E-state index contributed by atoms with van der Waals surface area (Å²) in [7, 11) is 1.62. The lowest BCUT2D eigenvalue weighted by Crippen LogP contribution is -2.40. The number of carbonyl (C=O) groups excluding carboxylic acids is 2. The highest BCUT2D eigenvalue weighted by atomic mass is 33.1. The van der Waals surface area contributed by atoms with E-state index in [0.29, 0.717) is 11.5 Å². The van der Waals surface area contributed by atoms with Crippen molar-refractivity contribution in [2.45, 2.75) is 35.7 Å². The van der Waals surface area contributed by atoms with Crippen LogP contribution in [0.5, 0.6) is 11.5 Å². The molecule has 4 rings (SSSR count). The monoisotopic (exact) mass is 624 g/mol. The summed E-state index contributed by atoms with van der Waals surface area (Å²) in [6.07, 6.45) is 0.104. The van der Waals surface area contributed by atoms with Crippen molar-refractivity contribution in [3.05, 3.63) is 59.7 Å². The van der Waals surface area contributed by atoms with E-state index in [4.69, 9.17) is 0 Å². The van der Waals surface area contributed by atoms with E-state index >= 15 is 0 Å². The van der Waals surface area contributed by atoms with Crippen LogP contribution in [0, 0.1) is 0 Å². The van der Waals surface area contributed by atoms with Gasteiger partial charge in [0, 0.05) is 37.4 Å². The second-order valence-corrected chi connectivity index (χ2v) is 13.6. The van der Waals surface area contributed by atoms with Gasteiger partial charge < -0.3 is 20.4 Å². The van der Waals surface area contributed by atoms with Gasteiger partial charge in [-0.25, -0.2) is 0 Å². The van der Waals surface area contributed by atoms with Crippen LogP contribution in [0.25, 0.3) is 0 Å². The van der Waals surface area contributed by atoms with Crippen molar-refractivity contribution in [1.29, 1.82) is 0 Å². The molecular weight excluding hydrogens is 597 g/mol. The first-order valence-corrected chi connectivity index (χ1v) is 16.6. The molecule has 0 radical (unpaired) electrons. The number of aromatic hydroxyl groups is 2. The number of carboxylic acids is 2. The van der Waals surface area contributed by atoms with Crippen LogP contribution in [0.3, 0.4) is 0 Å². The third-order valence-electron chi connectivity index (χ3n) is 6.53. The Bertz CT molecular complexity index is 1130. The molecule has 2 heterocycles. The number of thioether (sulfide) groups is 2. The highest BCUT2D eigenvalue weighted by Gasteiger charge is 2.40. The van der Waals surface area contributed by atoms with Crippen molar-refractivity contribution < 1.29 is 39.6 Å². The number of nitrogens with zero attached hydrogens (tertiary/aromatic N) is 2. The Morgan fingerprint density at radius 2 is 1.02 bits per heavy atom. The van der Waals surface area contributed by atoms with Gasteiger partial charge in [0.1, 0.15) is 23.6 Å². The minimum absolute atomic E-state index is 0.0522. The fraction of sp³-hybridized carbons (Fsp3) is 0.385. The summed E-state index contributed by atoms with van der Waals surface area (Å²) in [4.78, 5) is 52.3. The van der Waals surface area contributed by atoms with Crippen molar-refractivity contribution >= 4 is 67.3 Å². The Morgan fingerprint density at radius 3 is 1.35 bits per heavy atom. The molecule has 2 fully saturated rings. The number of rotatable bonds is 10. The molecule has 40 heavy (non-hydrogen) atoms. The predicted octanol–water partition coefficient (Wildman–Crippen LogP) is 4.01. The van der Waals surface area contributed by atoms with Gasteiger partial charge >= 0.3 is 11.9 Å². The molecule has 0 amide bonds. The molecule has 0 saturated carbocycles. The van der Waals surface area contributed by atoms with Crippen LogP contribution in [0.15, 0.2) is 48.5 Å². The van der Waals surface area contributed by atoms with Crippen LogP contribution < -0.4 is 0 Å². The lowest BCUT2D eigenvalue weighted by molar-refractivity contribution is -0.143. The molecule has 2 aromatic rings. The number of benzene rings is 2. The van der Waals surface area contributed by atoms with Crippen molar-refractivity contribution in [3.63, 3.8) is 0 Å². The number of hydrogen-bond donors (Lipinski definition) is 4. The van der Waals surface area contributed by atoms with E-state index in [0.717, 1.165) is 32.7 Å². The highest BCUT2D eigenvalue weighted by molar-refractivity contribution is 8.87. The minimum Gasteiger partial charge on any atom is -0.508 e.